The van der Waals surface area contributed by atoms with Gasteiger partial charge in [0.05, 0.1) is 6.61 Å². The molecule has 0 aliphatic rings. The minimum atomic E-state index is 0.530. The summed E-state index contributed by atoms with van der Waals surface area (Å²) < 4.78 is 4.45. The lowest BCUT2D eigenvalue weighted by atomic mass is 10.1. The molecule has 3 heteroatoms. The van der Waals surface area contributed by atoms with Crippen molar-refractivity contribution in [2.75, 3.05) is 11.9 Å². The number of rotatable bonds is 9. The third-order valence-electron chi connectivity index (χ3n) is 1.69. The minimum absolute atomic E-state index is 0.530. The molecule has 2 nitrogen and oxygen atoms in total. The van der Waals surface area contributed by atoms with Crippen molar-refractivity contribution >= 4 is 22.4 Å². The molecule has 0 saturated carbocycles. The Labute approximate surface area is 82.8 Å². The number of hydrogen-bond acceptors (Lipinski definition) is 2. The van der Waals surface area contributed by atoms with Gasteiger partial charge in [0, 0.05) is 5.33 Å². The fraction of sp³-hybridized carbons (Fsp3) is 0.889. The largest absolute Gasteiger partial charge is 0.457 e. The molecule has 1 radical (unpaired) electrons. The van der Waals surface area contributed by atoms with Gasteiger partial charge >= 0.3 is 6.47 Å². The highest BCUT2D eigenvalue weighted by Gasteiger charge is 1.90. The van der Waals surface area contributed by atoms with Gasteiger partial charge in [0.25, 0.3) is 0 Å². The van der Waals surface area contributed by atoms with Crippen LogP contribution in [-0.4, -0.2) is 18.4 Å². The topological polar surface area (TPSA) is 26.3 Å². The van der Waals surface area contributed by atoms with Crippen LogP contribution in [0, 0.1) is 0 Å². The zero-order chi connectivity index (χ0) is 9.07. The van der Waals surface area contributed by atoms with Crippen LogP contribution in [0.3, 0.4) is 0 Å². The van der Waals surface area contributed by atoms with E-state index in [0.717, 1.165) is 18.2 Å². The molecule has 0 atom stereocenters. The molecular formula is C9H16BrO2. The first-order chi connectivity index (χ1) is 5.91. The van der Waals surface area contributed by atoms with Gasteiger partial charge in [0.2, 0.25) is 0 Å². The van der Waals surface area contributed by atoms with Gasteiger partial charge in [-0.3, -0.25) is 0 Å². The Morgan fingerprint density at radius 3 is 2.17 bits per heavy atom. The van der Waals surface area contributed by atoms with E-state index in [0.29, 0.717) is 6.61 Å². The second kappa shape index (κ2) is 11.0. The minimum Gasteiger partial charge on any atom is -0.457 e. The molecule has 0 spiro atoms. The summed E-state index contributed by atoms with van der Waals surface area (Å²) in [5.41, 5.74) is 0. The van der Waals surface area contributed by atoms with Crippen molar-refractivity contribution in [3.05, 3.63) is 0 Å². The first-order valence-electron chi connectivity index (χ1n) is 4.46. The summed E-state index contributed by atoms with van der Waals surface area (Å²) in [6, 6.07) is 0. The van der Waals surface area contributed by atoms with Gasteiger partial charge in [-0.05, 0) is 12.8 Å². The van der Waals surface area contributed by atoms with E-state index in [1.165, 1.54) is 32.2 Å². The summed E-state index contributed by atoms with van der Waals surface area (Å²) in [5.74, 6) is 0. The van der Waals surface area contributed by atoms with E-state index in [9.17, 15) is 4.79 Å². The Morgan fingerprint density at radius 2 is 1.58 bits per heavy atom. The van der Waals surface area contributed by atoms with Crippen LogP contribution in [0.25, 0.3) is 0 Å². The maximum absolute atomic E-state index is 9.63. The lowest BCUT2D eigenvalue weighted by molar-refractivity contribution is 0.268. The second-order valence-electron chi connectivity index (χ2n) is 2.74. The Balaban J connectivity index is 2.77. The van der Waals surface area contributed by atoms with Crippen molar-refractivity contribution in [1.82, 2.24) is 0 Å². The molecule has 0 fully saturated rings. The molecule has 0 bridgehead atoms. The van der Waals surface area contributed by atoms with Gasteiger partial charge in [-0.15, -0.1) is 0 Å². The molecule has 0 aromatic carbocycles. The number of hydrogen-bond donors (Lipinski definition) is 0. The van der Waals surface area contributed by atoms with Crippen LogP contribution >= 0.6 is 15.9 Å². The third kappa shape index (κ3) is 9.95. The average Bonchev–Trinajstić information content (AvgIpc) is 2.10. The van der Waals surface area contributed by atoms with Crippen molar-refractivity contribution in [3.8, 4) is 0 Å². The summed E-state index contributed by atoms with van der Waals surface area (Å²) >= 11 is 3.39. The Kier molecular flexibility index (Phi) is 10.9. The first kappa shape index (κ1) is 11.9. The molecule has 0 amide bonds. The van der Waals surface area contributed by atoms with Crippen LogP contribution in [-0.2, 0) is 9.53 Å². The molecule has 0 rings (SSSR count). The maximum atomic E-state index is 9.63. The zero-order valence-electron chi connectivity index (χ0n) is 7.35. The van der Waals surface area contributed by atoms with Crippen molar-refractivity contribution in [3.63, 3.8) is 0 Å². The van der Waals surface area contributed by atoms with Gasteiger partial charge in [-0.25, -0.2) is 4.79 Å². The molecular weight excluding hydrogens is 220 g/mol. The molecule has 71 valence electrons. The lowest BCUT2D eigenvalue weighted by Crippen LogP contribution is -1.91. The second-order valence-corrected chi connectivity index (χ2v) is 3.54. The number of ether oxygens (including phenoxy) is 1. The standard InChI is InChI=1S/C9H16BrO2/c10-7-5-3-1-2-4-6-8-12-9-11/h1-8H2. The molecule has 0 saturated heterocycles. The quantitative estimate of drug-likeness (QED) is 0.454. The summed E-state index contributed by atoms with van der Waals surface area (Å²) in [4.78, 5) is 9.63. The highest BCUT2D eigenvalue weighted by Crippen LogP contribution is 2.06. The molecule has 0 unspecified atom stereocenters. The van der Waals surface area contributed by atoms with Crippen molar-refractivity contribution in [2.24, 2.45) is 0 Å². The van der Waals surface area contributed by atoms with Crippen molar-refractivity contribution < 1.29 is 9.53 Å². The number of unbranched alkanes of at least 4 members (excludes halogenated alkanes) is 5. The summed E-state index contributed by atoms with van der Waals surface area (Å²) in [6.07, 6.45) is 7.23. The Bertz CT molecular complexity index is 96.5. The van der Waals surface area contributed by atoms with Crippen LogP contribution in [0.1, 0.15) is 38.5 Å². The predicted molar refractivity (Wildman–Crippen MR) is 53.1 cm³/mol. The molecule has 12 heavy (non-hydrogen) atoms. The van der Waals surface area contributed by atoms with E-state index in [-0.39, 0.29) is 0 Å². The van der Waals surface area contributed by atoms with Gasteiger partial charge in [-0.1, -0.05) is 41.6 Å². The molecule has 0 aliphatic heterocycles. The average molecular weight is 236 g/mol. The molecule has 0 aromatic rings. The van der Waals surface area contributed by atoms with Crippen LogP contribution in [0.15, 0.2) is 0 Å². The predicted octanol–water partition coefficient (Wildman–Crippen LogP) is 2.81. The van der Waals surface area contributed by atoms with Gasteiger partial charge < -0.3 is 4.74 Å². The first-order valence-corrected chi connectivity index (χ1v) is 5.59. The number of alkyl halides is 1. The van der Waals surface area contributed by atoms with E-state index in [1.807, 2.05) is 0 Å². The van der Waals surface area contributed by atoms with Gasteiger partial charge in [0.15, 0.2) is 0 Å². The summed E-state index contributed by atoms with van der Waals surface area (Å²) in [6.45, 7) is 1.95. The summed E-state index contributed by atoms with van der Waals surface area (Å²) in [5, 5.41) is 1.11. The molecule has 0 aliphatic carbocycles. The fourth-order valence-corrected chi connectivity index (χ4v) is 1.41. The normalized spacial score (nSPS) is 9.75. The lowest BCUT2D eigenvalue weighted by Gasteiger charge is -1.99. The van der Waals surface area contributed by atoms with Crippen molar-refractivity contribution in [1.29, 1.82) is 0 Å². The molecule has 0 aromatic heterocycles. The van der Waals surface area contributed by atoms with E-state index >= 15 is 0 Å². The number of halogens is 1. The zero-order valence-corrected chi connectivity index (χ0v) is 8.94. The van der Waals surface area contributed by atoms with Crippen LogP contribution in [0.5, 0.6) is 0 Å². The highest BCUT2D eigenvalue weighted by atomic mass is 79.9. The van der Waals surface area contributed by atoms with E-state index in [1.54, 1.807) is 0 Å². The number of carbonyl (C=O) groups excluding carboxylic acids is 1. The SMILES string of the molecule is O=[C]OCCCCCCCCBr. The fourth-order valence-electron chi connectivity index (χ4n) is 1.02. The molecule has 0 N–H and O–H groups in total. The van der Waals surface area contributed by atoms with E-state index < -0.39 is 0 Å². The van der Waals surface area contributed by atoms with Crippen LogP contribution < -0.4 is 0 Å². The molecule has 0 heterocycles. The van der Waals surface area contributed by atoms with Crippen molar-refractivity contribution in [2.45, 2.75) is 38.5 Å². The monoisotopic (exact) mass is 235 g/mol. The maximum Gasteiger partial charge on any atom is 0.417 e. The van der Waals surface area contributed by atoms with Crippen LogP contribution in [0.4, 0.5) is 0 Å². The Morgan fingerprint density at radius 1 is 1.00 bits per heavy atom. The van der Waals surface area contributed by atoms with Gasteiger partial charge in [0.1, 0.15) is 0 Å². The van der Waals surface area contributed by atoms with Gasteiger partial charge in [-0.2, -0.15) is 0 Å². The van der Waals surface area contributed by atoms with E-state index in [4.69, 9.17) is 0 Å². The smallest absolute Gasteiger partial charge is 0.417 e. The van der Waals surface area contributed by atoms with E-state index in [2.05, 4.69) is 20.7 Å². The summed E-state index contributed by atoms with van der Waals surface area (Å²) in [7, 11) is 0. The Hall–Kier alpha value is -0.0500. The van der Waals surface area contributed by atoms with Crippen LogP contribution in [0.2, 0.25) is 0 Å². The third-order valence-corrected chi connectivity index (χ3v) is 2.25. The highest BCUT2D eigenvalue weighted by molar-refractivity contribution is 9.09.